The van der Waals surface area contributed by atoms with Gasteiger partial charge in [-0.1, -0.05) is 0 Å². The average molecular weight is 224 g/mol. The van der Waals surface area contributed by atoms with E-state index in [-0.39, 0.29) is 6.07 Å². The van der Waals surface area contributed by atoms with Crippen molar-refractivity contribution in [3.8, 4) is 0 Å². The van der Waals surface area contributed by atoms with Gasteiger partial charge in [-0.15, -0.1) is 0 Å². The minimum atomic E-state index is -4.92. The number of nitrogens with two attached hydrogens (primary N) is 1. The van der Waals surface area contributed by atoms with Gasteiger partial charge in [0.25, 0.3) is 5.69 Å². The molecule has 0 spiro atoms. The number of hydrogen-bond donors (Lipinski definition) is 1. The molecular weight excluding hydrogens is 220 g/mol. The van der Waals surface area contributed by atoms with E-state index in [4.69, 9.17) is 5.73 Å². The highest BCUT2D eigenvalue weighted by atomic mass is 19.4. The van der Waals surface area contributed by atoms with E-state index in [1.807, 2.05) is 0 Å². The molecule has 2 N–H and O–H groups in total. The molecule has 0 aliphatic rings. The zero-order valence-electron chi connectivity index (χ0n) is 7.01. The number of anilines is 1. The summed E-state index contributed by atoms with van der Waals surface area (Å²) < 4.78 is 49.3. The Morgan fingerprint density at radius 1 is 1.33 bits per heavy atom. The first-order valence-electron chi connectivity index (χ1n) is 3.54. The molecule has 0 atom stereocenters. The van der Waals surface area contributed by atoms with Crippen LogP contribution in [0.4, 0.5) is 28.9 Å². The van der Waals surface area contributed by atoms with Crippen LogP contribution >= 0.6 is 0 Å². The summed E-state index contributed by atoms with van der Waals surface area (Å²) >= 11 is 0. The van der Waals surface area contributed by atoms with Crippen LogP contribution in [0.25, 0.3) is 0 Å². The standard InChI is InChI=1S/C7H4F4N2O2/c8-5-3(7(9,10)11)1-2-4(6(5)12)13(14)15/h1-2H,12H2. The van der Waals surface area contributed by atoms with E-state index in [0.29, 0.717) is 6.07 Å². The third kappa shape index (κ3) is 1.97. The second-order valence-corrected chi connectivity index (χ2v) is 2.61. The van der Waals surface area contributed by atoms with Crippen LogP contribution < -0.4 is 5.73 Å². The van der Waals surface area contributed by atoms with Crippen LogP contribution in [0.5, 0.6) is 0 Å². The minimum absolute atomic E-state index is 0.282. The van der Waals surface area contributed by atoms with E-state index in [1.54, 1.807) is 0 Å². The molecule has 0 amide bonds. The Morgan fingerprint density at radius 2 is 1.87 bits per heavy atom. The number of benzene rings is 1. The van der Waals surface area contributed by atoms with E-state index >= 15 is 0 Å². The quantitative estimate of drug-likeness (QED) is 0.344. The molecule has 0 aliphatic heterocycles. The van der Waals surface area contributed by atoms with E-state index in [1.165, 1.54) is 0 Å². The lowest BCUT2D eigenvalue weighted by Crippen LogP contribution is -2.11. The number of nitrogen functional groups attached to an aromatic ring is 1. The second kappa shape index (κ2) is 3.37. The summed E-state index contributed by atoms with van der Waals surface area (Å²) in [4.78, 5) is 9.16. The highest BCUT2D eigenvalue weighted by molar-refractivity contribution is 5.60. The van der Waals surface area contributed by atoms with Gasteiger partial charge in [0.05, 0.1) is 10.5 Å². The zero-order valence-corrected chi connectivity index (χ0v) is 7.01. The maximum atomic E-state index is 13.0. The molecule has 1 aromatic carbocycles. The molecule has 0 saturated carbocycles. The van der Waals surface area contributed by atoms with Gasteiger partial charge in [-0.3, -0.25) is 10.1 Å². The maximum Gasteiger partial charge on any atom is 0.419 e. The molecule has 1 rings (SSSR count). The number of alkyl halides is 3. The Balaban J connectivity index is 3.41. The van der Waals surface area contributed by atoms with E-state index in [9.17, 15) is 27.7 Å². The lowest BCUT2D eigenvalue weighted by molar-refractivity contribution is -0.384. The fourth-order valence-electron chi connectivity index (χ4n) is 0.961. The maximum absolute atomic E-state index is 13.0. The van der Waals surface area contributed by atoms with E-state index in [2.05, 4.69) is 0 Å². The first kappa shape index (κ1) is 11.2. The summed E-state index contributed by atoms with van der Waals surface area (Å²) in [6, 6.07) is 0.797. The van der Waals surface area contributed by atoms with Crippen molar-refractivity contribution in [3.05, 3.63) is 33.6 Å². The highest BCUT2D eigenvalue weighted by Crippen LogP contribution is 2.36. The third-order valence-electron chi connectivity index (χ3n) is 1.66. The summed E-state index contributed by atoms with van der Waals surface area (Å²) in [5.41, 5.74) is 1.24. The molecule has 0 radical (unpaired) electrons. The molecule has 0 saturated heterocycles. The number of nitro benzene ring substituents is 1. The fraction of sp³-hybridized carbons (Fsp3) is 0.143. The van der Waals surface area contributed by atoms with Crippen molar-refractivity contribution < 1.29 is 22.5 Å². The van der Waals surface area contributed by atoms with Gasteiger partial charge in [0, 0.05) is 6.07 Å². The summed E-state index contributed by atoms with van der Waals surface area (Å²) in [5, 5.41) is 10.2. The lowest BCUT2D eigenvalue weighted by Gasteiger charge is -2.08. The minimum Gasteiger partial charge on any atom is -0.391 e. The van der Waals surface area contributed by atoms with Gasteiger partial charge >= 0.3 is 6.18 Å². The van der Waals surface area contributed by atoms with E-state index in [0.717, 1.165) is 0 Å². The number of halogens is 4. The normalized spacial score (nSPS) is 11.5. The molecule has 0 heterocycles. The molecule has 4 nitrogen and oxygen atoms in total. The molecule has 1 aromatic rings. The Bertz CT molecular complexity index is 416. The Morgan fingerprint density at radius 3 is 2.27 bits per heavy atom. The van der Waals surface area contributed by atoms with Gasteiger partial charge in [-0.05, 0) is 6.07 Å². The predicted molar refractivity (Wildman–Crippen MR) is 42.5 cm³/mol. The van der Waals surface area contributed by atoms with Gasteiger partial charge in [0.1, 0.15) is 5.69 Å². The molecule has 82 valence electrons. The molecule has 0 bridgehead atoms. The molecular formula is C7H4F4N2O2. The van der Waals surface area contributed by atoms with E-state index < -0.39 is 33.9 Å². The molecule has 0 aromatic heterocycles. The fourth-order valence-corrected chi connectivity index (χ4v) is 0.961. The van der Waals surface area contributed by atoms with Crippen molar-refractivity contribution in [1.29, 1.82) is 0 Å². The summed E-state index contributed by atoms with van der Waals surface area (Å²) in [7, 11) is 0. The van der Waals surface area contributed by atoms with Gasteiger partial charge in [0.15, 0.2) is 5.82 Å². The van der Waals surface area contributed by atoms with Crippen LogP contribution in [0.2, 0.25) is 0 Å². The van der Waals surface area contributed by atoms with Gasteiger partial charge in [-0.25, -0.2) is 4.39 Å². The van der Waals surface area contributed by atoms with Crippen LogP contribution in [-0.4, -0.2) is 4.92 Å². The second-order valence-electron chi connectivity index (χ2n) is 2.61. The van der Waals surface area contributed by atoms with Crippen molar-refractivity contribution in [3.63, 3.8) is 0 Å². The summed E-state index contributed by atoms with van der Waals surface area (Å²) in [6.07, 6.45) is -4.92. The number of nitrogens with zero attached hydrogens (tertiary/aromatic N) is 1. The molecule has 0 aliphatic carbocycles. The summed E-state index contributed by atoms with van der Waals surface area (Å²) in [6.45, 7) is 0. The number of nitro groups is 1. The van der Waals surface area contributed by atoms with Crippen LogP contribution in [0.15, 0.2) is 12.1 Å². The molecule has 15 heavy (non-hydrogen) atoms. The Labute approximate surface area is 80.5 Å². The van der Waals surface area contributed by atoms with Crippen molar-refractivity contribution in [2.75, 3.05) is 5.73 Å². The molecule has 8 heteroatoms. The van der Waals surface area contributed by atoms with Gasteiger partial charge < -0.3 is 5.73 Å². The zero-order chi connectivity index (χ0) is 11.8. The Kier molecular flexibility index (Phi) is 2.52. The monoisotopic (exact) mass is 224 g/mol. The SMILES string of the molecule is Nc1c([N+](=O)[O-])ccc(C(F)(F)F)c1F. The predicted octanol–water partition coefficient (Wildman–Crippen LogP) is 2.33. The van der Waals surface area contributed by atoms with Gasteiger partial charge in [0.2, 0.25) is 0 Å². The summed E-state index contributed by atoms with van der Waals surface area (Å²) in [5.74, 6) is -1.82. The van der Waals surface area contributed by atoms with Crippen molar-refractivity contribution in [2.45, 2.75) is 6.18 Å². The first-order chi connectivity index (χ1) is 6.75. The van der Waals surface area contributed by atoms with Crippen LogP contribution in [0.3, 0.4) is 0 Å². The smallest absolute Gasteiger partial charge is 0.391 e. The largest absolute Gasteiger partial charge is 0.419 e. The highest BCUT2D eigenvalue weighted by Gasteiger charge is 2.36. The van der Waals surface area contributed by atoms with Crippen molar-refractivity contribution in [1.82, 2.24) is 0 Å². The molecule has 0 fully saturated rings. The van der Waals surface area contributed by atoms with Gasteiger partial charge in [-0.2, -0.15) is 13.2 Å². The third-order valence-corrected chi connectivity index (χ3v) is 1.66. The average Bonchev–Trinajstić information content (AvgIpc) is 2.06. The van der Waals surface area contributed by atoms with Crippen molar-refractivity contribution in [2.24, 2.45) is 0 Å². The lowest BCUT2D eigenvalue weighted by atomic mass is 10.1. The molecule has 0 unspecified atom stereocenters. The van der Waals surface area contributed by atoms with Crippen LogP contribution in [0, 0.1) is 15.9 Å². The van der Waals surface area contributed by atoms with Crippen LogP contribution in [0.1, 0.15) is 5.56 Å². The van der Waals surface area contributed by atoms with Crippen molar-refractivity contribution >= 4 is 11.4 Å². The number of rotatable bonds is 1. The Hall–Kier alpha value is -1.86. The van der Waals surface area contributed by atoms with Crippen LogP contribution in [-0.2, 0) is 6.18 Å². The first-order valence-corrected chi connectivity index (χ1v) is 3.54. The topological polar surface area (TPSA) is 69.2 Å². The number of hydrogen-bond acceptors (Lipinski definition) is 3.